The summed E-state index contributed by atoms with van der Waals surface area (Å²) < 4.78 is 25.0. The SMILES string of the molecule is CS(=O)(=O)N1CCC(Nc2cc(-c3ccc(Cl)nc3)cc3ccncc23)CC1. The standard InChI is InChI=1S/C20H21ClN4O2S/c1-28(26,27)25-8-5-17(6-9-25)24-19-11-16(15-2-3-20(21)23-12-15)10-14-4-7-22-13-18(14)19/h2-4,7,10-13,17,24H,5-6,8-9H2,1H3. The number of benzene rings is 1. The molecule has 2 aromatic heterocycles. The van der Waals surface area contributed by atoms with E-state index in [1.165, 1.54) is 6.26 Å². The highest BCUT2D eigenvalue weighted by atomic mass is 35.5. The number of anilines is 1. The van der Waals surface area contributed by atoms with E-state index in [0.29, 0.717) is 18.2 Å². The molecule has 1 aliphatic rings. The maximum atomic E-state index is 11.7. The Labute approximate surface area is 169 Å². The van der Waals surface area contributed by atoms with Crippen molar-refractivity contribution < 1.29 is 8.42 Å². The van der Waals surface area contributed by atoms with Crippen LogP contribution in [0.1, 0.15) is 12.8 Å². The molecule has 1 fully saturated rings. The largest absolute Gasteiger partial charge is 0.382 e. The molecule has 3 aromatic rings. The molecule has 1 aliphatic heterocycles. The van der Waals surface area contributed by atoms with Crippen LogP contribution in [-0.2, 0) is 10.0 Å². The molecule has 1 aromatic carbocycles. The number of hydrogen-bond acceptors (Lipinski definition) is 5. The fourth-order valence-electron chi connectivity index (χ4n) is 3.58. The minimum absolute atomic E-state index is 0.208. The quantitative estimate of drug-likeness (QED) is 0.655. The van der Waals surface area contributed by atoms with E-state index in [1.807, 2.05) is 18.3 Å². The zero-order chi connectivity index (χ0) is 19.7. The molecule has 0 radical (unpaired) electrons. The summed E-state index contributed by atoms with van der Waals surface area (Å²) in [4.78, 5) is 8.45. The van der Waals surface area contributed by atoms with Crippen molar-refractivity contribution in [3.63, 3.8) is 0 Å². The second kappa shape index (κ2) is 7.66. The van der Waals surface area contributed by atoms with Crippen LogP contribution in [0.3, 0.4) is 0 Å². The molecule has 1 saturated heterocycles. The zero-order valence-electron chi connectivity index (χ0n) is 15.5. The van der Waals surface area contributed by atoms with Gasteiger partial charge in [0.1, 0.15) is 5.15 Å². The monoisotopic (exact) mass is 416 g/mol. The predicted molar refractivity (Wildman–Crippen MR) is 113 cm³/mol. The van der Waals surface area contributed by atoms with Gasteiger partial charge in [-0.1, -0.05) is 11.6 Å². The molecule has 4 rings (SSSR count). The van der Waals surface area contributed by atoms with E-state index in [0.717, 1.165) is 40.4 Å². The minimum Gasteiger partial charge on any atom is -0.382 e. The Balaban J connectivity index is 1.64. The first-order valence-corrected chi connectivity index (χ1v) is 11.3. The van der Waals surface area contributed by atoms with Gasteiger partial charge >= 0.3 is 0 Å². The first-order valence-electron chi connectivity index (χ1n) is 9.11. The van der Waals surface area contributed by atoms with Crippen molar-refractivity contribution in [1.29, 1.82) is 0 Å². The molecule has 0 unspecified atom stereocenters. The van der Waals surface area contributed by atoms with Crippen molar-refractivity contribution >= 4 is 38.1 Å². The van der Waals surface area contributed by atoms with E-state index in [4.69, 9.17) is 11.6 Å². The summed E-state index contributed by atoms with van der Waals surface area (Å²) in [5.41, 5.74) is 3.02. The molecule has 6 nitrogen and oxygen atoms in total. The third-order valence-electron chi connectivity index (χ3n) is 5.10. The Kier molecular flexibility index (Phi) is 5.23. The molecule has 28 heavy (non-hydrogen) atoms. The fraction of sp³-hybridized carbons (Fsp3) is 0.300. The van der Waals surface area contributed by atoms with Gasteiger partial charge in [0.25, 0.3) is 0 Å². The third kappa shape index (κ3) is 4.11. The highest BCUT2D eigenvalue weighted by Gasteiger charge is 2.25. The van der Waals surface area contributed by atoms with Crippen LogP contribution in [0, 0.1) is 0 Å². The molecule has 0 amide bonds. The van der Waals surface area contributed by atoms with Crippen LogP contribution in [0.15, 0.2) is 48.9 Å². The van der Waals surface area contributed by atoms with Crippen molar-refractivity contribution in [2.24, 2.45) is 0 Å². The van der Waals surface area contributed by atoms with E-state index in [-0.39, 0.29) is 6.04 Å². The van der Waals surface area contributed by atoms with Gasteiger partial charge in [0.15, 0.2) is 0 Å². The van der Waals surface area contributed by atoms with E-state index >= 15 is 0 Å². The van der Waals surface area contributed by atoms with E-state index in [2.05, 4.69) is 27.4 Å². The van der Waals surface area contributed by atoms with E-state index in [9.17, 15) is 8.42 Å². The number of fused-ring (bicyclic) bond motifs is 1. The highest BCUT2D eigenvalue weighted by molar-refractivity contribution is 7.88. The van der Waals surface area contributed by atoms with Crippen LogP contribution in [-0.4, -0.2) is 48.1 Å². The Morgan fingerprint density at radius 1 is 1.11 bits per heavy atom. The minimum atomic E-state index is -3.13. The molecule has 8 heteroatoms. The average molecular weight is 417 g/mol. The summed E-state index contributed by atoms with van der Waals surface area (Å²) in [6.07, 6.45) is 8.19. The molecule has 0 saturated carbocycles. The van der Waals surface area contributed by atoms with Crippen molar-refractivity contribution in [3.05, 3.63) is 54.1 Å². The number of nitrogens with one attached hydrogen (secondary N) is 1. The first kappa shape index (κ1) is 19.1. The van der Waals surface area contributed by atoms with Gasteiger partial charge in [-0.3, -0.25) is 4.98 Å². The van der Waals surface area contributed by atoms with Crippen molar-refractivity contribution in [1.82, 2.24) is 14.3 Å². The van der Waals surface area contributed by atoms with Crippen molar-refractivity contribution in [2.75, 3.05) is 24.7 Å². The molecular formula is C20H21ClN4O2S. The lowest BCUT2D eigenvalue weighted by atomic mass is 10.0. The van der Waals surface area contributed by atoms with Crippen LogP contribution in [0.2, 0.25) is 5.15 Å². The molecule has 146 valence electrons. The number of nitrogens with zero attached hydrogens (tertiary/aromatic N) is 3. The molecule has 0 atom stereocenters. The molecule has 0 spiro atoms. The van der Waals surface area contributed by atoms with Gasteiger partial charge in [-0.25, -0.2) is 17.7 Å². The van der Waals surface area contributed by atoms with E-state index < -0.39 is 10.0 Å². The van der Waals surface area contributed by atoms with Crippen molar-refractivity contribution in [3.8, 4) is 11.1 Å². The van der Waals surface area contributed by atoms with Crippen LogP contribution >= 0.6 is 11.6 Å². The van der Waals surface area contributed by atoms with Gasteiger partial charge < -0.3 is 5.32 Å². The Morgan fingerprint density at radius 3 is 2.57 bits per heavy atom. The lowest BCUT2D eigenvalue weighted by Crippen LogP contribution is -2.41. The Bertz CT molecular complexity index is 1090. The summed E-state index contributed by atoms with van der Waals surface area (Å²) in [7, 11) is -3.13. The number of rotatable bonds is 4. The number of sulfonamides is 1. The van der Waals surface area contributed by atoms with Gasteiger partial charge in [0, 0.05) is 54.4 Å². The lowest BCUT2D eigenvalue weighted by molar-refractivity contribution is 0.332. The summed E-state index contributed by atoms with van der Waals surface area (Å²) in [5, 5.41) is 6.19. The molecule has 0 bridgehead atoms. The zero-order valence-corrected chi connectivity index (χ0v) is 17.0. The fourth-order valence-corrected chi connectivity index (χ4v) is 4.57. The summed E-state index contributed by atoms with van der Waals surface area (Å²) in [6.45, 7) is 1.07. The normalized spacial score (nSPS) is 16.4. The third-order valence-corrected chi connectivity index (χ3v) is 6.63. The summed E-state index contributed by atoms with van der Waals surface area (Å²) in [5.74, 6) is 0. The second-order valence-corrected chi connectivity index (χ2v) is 9.44. The molecule has 1 N–H and O–H groups in total. The van der Waals surface area contributed by atoms with E-state index in [1.54, 1.807) is 22.8 Å². The second-order valence-electron chi connectivity index (χ2n) is 7.07. The van der Waals surface area contributed by atoms with Gasteiger partial charge in [-0.05, 0) is 54.1 Å². The Morgan fingerprint density at radius 2 is 1.89 bits per heavy atom. The Hall–Kier alpha value is -2.22. The van der Waals surface area contributed by atoms with Gasteiger partial charge in [0.2, 0.25) is 10.0 Å². The molecule has 0 aliphatic carbocycles. The average Bonchev–Trinajstić information content (AvgIpc) is 2.68. The molecule has 3 heterocycles. The van der Waals surface area contributed by atoms with Gasteiger partial charge in [-0.2, -0.15) is 0 Å². The molecular weight excluding hydrogens is 396 g/mol. The predicted octanol–water partition coefficient (Wildman–Crippen LogP) is 3.79. The maximum Gasteiger partial charge on any atom is 0.211 e. The first-order chi connectivity index (χ1) is 13.4. The smallest absolute Gasteiger partial charge is 0.211 e. The number of hydrogen-bond donors (Lipinski definition) is 1. The van der Waals surface area contributed by atoms with Crippen molar-refractivity contribution in [2.45, 2.75) is 18.9 Å². The van der Waals surface area contributed by atoms with Crippen LogP contribution in [0.5, 0.6) is 0 Å². The maximum absolute atomic E-state index is 11.7. The highest BCUT2D eigenvalue weighted by Crippen LogP contribution is 2.32. The topological polar surface area (TPSA) is 75.2 Å². The number of pyridine rings is 2. The van der Waals surface area contributed by atoms with Crippen LogP contribution in [0.4, 0.5) is 5.69 Å². The summed E-state index contributed by atoms with van der Waals surface area (Å²) >= 11 is 5.92. The van der Waals surface area contributed by atoms with Crippen LogP contribution < -0.4 is 5.32 Å². The van der Waals surface area contributed by atoms with Crippen LogP contribution in [0.25, 0.3) is 21.9 Å². The van der Waals surface area contributed by atoms with Gasteiger partial charge in [0.05, 0.1) is 6.26 Å². The lowest BCUT2D eigenvalue weighted by Gasteiger charge is -2.31. The summed E-state index contributed by atoms with van der Waals surface area (Å²) in [6, 6.07) is 10.1. The number of aromatic nitrogens is 2. The van der Waals surface area contributed by atoms with Gasteiger partial charge in [-0.15, -0.1) is 0 Å². The number of piperidine rings is 1. The number of halogens is 1.